The highest BCUT2D eigenvalue weighted by Crippen LogP contribution is 2.35. The second-order valence-corrected chi connectivity index (χ2v) is 7.12. The molecule has 0 saturated carbocycles. The second-order valence-electron chi connectivity index (χ2n) is 6.15. The van der Waals surface area contributed by atoms with Crippen LogP contribution in [0.5, 0.6) is 11.5 Å². The van der Waals surface area contributed by atoms with Crippen LogP contribution in [-0.4, -0.2) is 41.3 Å². The fourth-order valence-electron chi connectivity index (χ4n) is 3.18. The highest BCUT2D eigenvalue weighted by atomic mass is 32.2. The molecule has 2 heterocycles. The summed E-state index contributed by atoms with van der Waals surface area (Å²) < 4.78 is 36.9. The van der Waals surface area contributed by atoms with Gasteiger partial charge in [0.05, 0.1) is 18.8 Å². The van der Waals surface area contributed by atoms with Gasteiger partial charge in [-0.3, -0.25) is 4.79 Å². The van der Waals surface area contributed by atoms with Crippen LogP contribution >= 0.6 is 11.8 Å². The monoisotopic (exact) mass is 408 g/mol. The predicted molar refractivity (Wildman–Crippen MR) is 103 cm³/mol. The van der Waals surface area contributed by atoms with Gasteiger partial charge in [-0.05, 0) is 67.4 Å². The average Bonchev–Trinajstić information content (AvgIpc) is 2.68. The molecule has 0 aliphatic carbocycles. The van der Waals surface area contributed by atoms with Crippen LogP contribution in [0.4, 0.5) is 8.78 Å². The Balaban J connectivity index is 1.85. The van der Waals surface area contributed by atoms with Crippen molar-refractivity contribution in [1.29, 1.82) is 0 Å². The molecular formula is C20H22F2N2O3S. The number of halogens is 2. The fraction of sp³-hybridized carbons (Fsp3) is 0.400. The van der Waals surface area contributed by atoms with Crippen molar-refractivity contribution >= 4 is 17.7 Å². The van der Waals surface area contributed by atoms with Crippen molar-refractivity contribution in [2.75, 3.05) is 19.8 Å². The molecule has 0 saturated heterocycles. The molecule has 0 atom stereocenters. The normalized spacial score (nSPS) is 13.4. The zero-order valence-corrected chi connectivity index (χ0v) is 16.6. The Labute approximate surface area is 167 Å². The molecule has 0 unspecified atom stereocenters. The van der Waals surface area contributed by atoms with E-state index < -0.39 is 5.76 Å². The maximum atomic E-state index is 13.0. The minimum Gasteiger partial charge on any atom is -0.490 e. The molecule has 2 aromatic rings. The summed E-state index contributed by atoms with van der Waals surface area (Å²) in [7, 11) is 0. The minimum atomic E-state index is -2.63. The summed E-state index contributed by atoms with van der Waals surface area (Å²) in [6.45, 7) is 5.74. The molecule has 28 heavy (non-hydrogen) atoms. The smallest absolute Gasteiger partial charge is 0.290 e. The Morgan fingerprint density at radius 1 is 1.21 bits per heavy atom. The number of rotatable bonds is 7. The van der Waals surface area contributed by atoms with Crippen LogP contribution in [-0.2, 0) is 13.0 Å². The predicted octanol–water partition coefficient (Wildman–Crippen LogP) is 4.39. The zero-order valence-electron chi connectivity index (χ0n) is 15.8. The first kappa shape index (κ1) is 20.4. The number of alkyl halides is 2. The zero-order chi connectivity index (χ0) is 20.1. The van der Waals surface area contributed by atoms with Crippen molar-refractivity contribution in [2.24, 2.45) is 0 Å². The molecule has 0 radical (unpaired) electrons. The van der Waals surface area contributed by atoms with Crippen LogP contribution in [0.1, 0.15) is 35.3 Å². The van der Waals surface area contributed by atoms with E-state index in [1.807, 2.05) is 26.0 Å². The first-order valence-corrected chi connectivity index (χ1v) is 10.0. The van der Waals surface area contributed by atoms with Crippen LogP contribution in [0.25, 0.3) is 0 Å². The molecule has 1 amide bonds. The van der Waals surface area contributed by atoms with Gasteiger partial charge in [0.1, 0.15) is 5.03 Å². The molecule has 0 fully saturated rings. The number of nitrogens with zero attached hydrogens (tertiary/aromatic N) is 2. The maximum absolute atomic E-state index is 13.0. The van der Waals surface area contributed by atoms with Gasteiger partial charge in [-0.15, -0.1) is 0 Å². The van der Waals surface area contributed by atoms with Crippen LogP contribution in [0.2, 0.25) is 0 Å². The largest absolute Gasteiger partial charge is 0.490 e. The second kappa shape index (κ2) is 9.23. The van der Waals surface area contributed by atoms with Crippen molar-refractivity contribution in [3.05, 3.63) is 47.2 Å². The summed E-state index contributed by atoms with van der Waals surface area (Å²) in [6.07, 6.45) is 2.07. The Kier molecular flexibility index (Phi) is 6.72. The molecule has 150 valence electrons. The number of benzene rings is 1. The highest BCUT2D eigenvalue weighted by Gasteiger charge is 2.26. The van der Waals surface area contributed by atoms with Crippen molar-refractivity contribution in [3.63, 3.8) is 0 Å². The van der Waals surface area contributed by atoms with Gasteiger partial charge in [0.2, 0.25) is 0 Å². The van der Waals surface area contributed by atoms with Gasteiger partial charge in [0.15, 0.2) is 11.5 Å². The third kappa shape index (κ3) is 4.55. The van der Waals surface area contributed by atoms with Gasteiger partial charge in [0.25, 0.3) is 11.7 Å². The van der Waals surface area contributed by atoms with Crippen molar-refractivity contribution in [3.8, 4) is 11.5 Å². The number of aromatic nitrogens is 1. The van der Waals surface area contributed by atoms with E-state index in [9.17, 15) is 13.6 Å². The summed E-state index contributed by atoms with van der Waals surface area (Å²) in [6, 6.07) is 7.00. The summed E-state index contributed by atoms with van der Waals surface area (Å²) in [5.74, 6) is -1.58. The molecule has 0 spiro atoms. The third-order valence-corrected chi connectivity index (χ3v) is 5.09. The molecule has 0 bridgehead atoms. The molecular weight excluding hydrogens is 386 g/mol. The Bertz CT molecular complexity index is 848. The fourth-order valence-corrected chi connectivity index (χ4v) is 3.75. The van der Waals surface area contributed by atoms with E-state index in [0.29, 0.717) is 56.0 Å². The van der Waals surface area contributed by atoms with E-state index in [2.05, 4.69) is 4.98 Å². The van der Waals surface area contributed by atoms with Gasteiger partial charge in [-0.25, -0.2) is 4.98 Å². The Morgan fingerprint density at radius 3 is 2.54 bits per heavy atom. The summed E-state index contributed by atoms with van der Waals surface area (Å²) in [5, 5.41) is 0.0509. The van der Waals surface area contributed by atoms with Gasteiger partial charge in [-0.2, -0.15) is 8.78 Å². The van der Waals surface area contributed by atoms with Crippen LogP contribution < -0.4 is 9.47 Å². The lowest BCUT2D eigenvalue weighted by molar-refractivity contribution is 0.0730. The van der Waals surface area contributed by atoms with E-state index >= 15 is 0 Å². The maximum Gasteiger partial charge on any atom is 0.290 e. The molecule has 0 N–H and O–H groups in total. The van der Waals surface area contributed by atoms with Gasteiger partial charge in [-0.1, -0.05) is 0 Å². The third-order valence-electron chi connectivity index (χ3n) is 4.37. The number of hydrogen-bond acceptors (Lipinski definition) is 5. The summed E-state index contributed by atoms with van der Waals surface area (Å²) in [4.78, 5) is 18.6. The van der Waals surface area contributed by atoms with Crippen LogP contribution in [0, 0.1) is 0 Å². The Hall–Kier alpha value is -2.35. The standard InChI is InChI=1S/C20H22F2N2O3S/c1-3-26-16-10-13-7-9-24(12-14(13)11-17(16)27-4-2)19(25)15-6-5-8-23-18(15)28-20(21)22/h5-6,8,10-11,20H,3-4,7,9,12H2,1-2H3. The molecule has 8 heteroatoms. The van der Waals surface area contributed by atoms with E-state index in [1.54, 1.807) is 17.0 Å². The molecule has 1 aromatic carbocycles. The number of carbonyl (C=O) groups excluding carboxylic acids is 1. The quantitative estimate of drug-likeness (QED) is 0.636. The first-order valence-electron chi connectivity index (χ1n) is 9.14. The molecule has 1 aliphatic heterocycles. The number of carbonyl (C=O) groups is 1. The summed E-state index contributed by atoms with van der Waals surface area (Å²) >= 11 is 0.291. The van der Waals surface area contributed by atoms with Gasteiger partial charge in [0, 0.05) is 19.3 Å². The lowest BCUT2D eigenvalue weighted by Gasteiger charge is -2.30. The van der Waals surface area contributed by atoms with Crippen molar-refractivity contribution in [2.45, 2.75) is 37.6 Å². The number of ether oxygens (including phenoxy) is 2. The van der Waals surface area contributed by atoms with Crippen molar-refractivity contribution < 1.29 is 23.0 Å². The lowest BCUT2D eigenvalue weighted by Crippen LogP contribution is -2.36. The number of pyridine rings is 1. The highest BCUT2D eigenvalue weighted by molar-refractivity contribution is 7.99. The van der Waals surface area contributed by atoms with E-state index in [0.717, 1.165) is 11.1 Å². The minimum absolute atomic E-state index is 0.0509. The molecule has 3 rings (SSSR count). The SMILES string of the molecule is CCOc1cc2c(cc1OCC)CN(C(=O)c1cccnc1SC(F)F)CC2. The van der Waals surface area contributed by atoms with E-state index in [-0.39, 0.29) is 16.5 Å². The van der Waals surface area contributed by atoms with Crippen molar-refractivity contribution in [1.82, 2.24) is 9.88 Å². The van der Waals surface area contributed by atoms with Crippen LogP contribution in [0.15, 0.2) is 35.5 Å². The van der Waals surface area contributed by atoms with Crippen LogP contribution in [0.3, 0.4) is 0 Å². The van der Waals surface area contributed by atoms with Gasteiger partial charge < -0.3 is 14.4 Å². The summed E-state index contributed by atoms with van der Waals surface area (Å²) in [5.41, 5.74) is 2.27. The van der Waals surface area contributed by atoms with Gasteiger partial charge >= 0.3 is 0 Å². The van der Waals surface area contributed by atoms with E-state index in [4.69, 9.17) is 9.47 Å². The molecule has 1 aromatic heterocycles. The van der Waals surface area contributed by atoms with E-state index in [1.165, 1.54) is 6.20 Å². The number of thioether (sulfide) groups is 1. The number of hydrogen-bond donors (Lipinski definition) is 0. The average molecular weight is 408 g/mol. The molecule has 1 aliphatic rings. The number of amides is 1. The molecule has 5 nitrogen and oxygen atoms in total. The Morgan fingerprint density at radius 2 is 1.89 bits per heavy atom. The topological polar surface area (TPSA) is 51.7 Å². The first-order chi connectivity index (χ1) is 13.5. The number of fused-ring (bicyclic) bond motifs is 1. The lowest BCUT2D eigenvalue weighted by atomic mass is 9.98.